The van der Waals surface area contributed by atoms with E-state index < -0.39 is 0 Å². The van der Waals surface area contributed by atoms with Gasteiger partial charge < -0.3 is 15.4 Å². The van der Waals surface area contributed by atoms with Crippen LogP contribution in [0.3, 0.4) is 0 Å². The summed E-state index contributed by atoms with van der Waals surface area (Å²) >= 11 is 3.44. The second kappa shape index (κ2) is 7.04. The molecule has 0 amide bonds. The van der Waals surface area contributed by atoms with Crippen molar-refractivity contribution >= 4 is 27.8 Å². The first-order valence-electron chi connectivity index (χ1n) is 6.23. The standard InChI is InChI=1S/C13H16BrN5O/c1-3-15-11-17-12(19-13(18-11)20-2)16-8-9-5-4-6-10(14)7-9/h4-7H,3,8H2,1-2H3,(H2,15,16,17,18,19). The summed E-state index contributed by atoms with van der Waals surface area (Å²) in [7, 11) is 1.53. The third-order valence-electron chi connectivity index (χ3n) is 2.47. The monoisotopic (exact) mass is 337 g/mol. The summed E-state index contributed by atoms with van der Waals surface area (Å²) in [5.41, 5.74) is 1.13. The van der Waals surface area contributed by atoms with Crippen molar-refractivity contribution in [2.24, 2.45) is 0 Å². The molecule has 0 unspecified atom stereocenters. The highest BCUT2D eigenvalue weighted by Crippen LogP contribution is 2.14. The highest BCUT2D eigenvalue weighted by atomic mass is 79.9. The van der Waals surface area contributed by atoms with E-state index in [9.17, 15) is 0 Å². The molecule has 0 fully saturated rings. The quantitative estimate of drug-likeness (QED) is 0.844. The van der Waals surface area contributed by atoms with E-state index in [0.717, 1.165) is 16.6 Å². The van der Waals surface area contributed by atoms with Crippen molar-refractivity contribution in [1.29, 1.82) is 0 Å². The van der Waals surface area contributed by atoms with Crippen LogP contribution in [0, 0.1) is 0 Å². The van der Waals surface area contributed by atoms with E-state index in [-0.39, 0.29) is 6.01 Å². The molecule has 0 saturated carbocycles. The second-order valence-corrected chi connectivity index (χ2v) is 4.90. The molecular formula is C13H16BrN5O. The summed E-state index contributed by atoms with van der Waals surface area (Å²) < 4.78 is 6.10. The van der Waals surface area contributed by atoms with Gasteiger partial charge in [0.2, 0.25) is 11.9 Å². The van der Waals surface area contributed by atoms with Gasteiger partial charge in [-0.15, -0.1) is 0 Å². The van der Waals surface area contributed by atoms with Gasteiger partial charge >= 0.3 is 6.01 Å². The molecule has 6 nitrogen and oxygen atoms in total. The molecule has 7 heteroatoms. The summed E-state index contributed by atoms with van der Waals surface area (Å²) in [5.74, 6) is 0.976. The molecule has 1 aromatic heterocycles. The smallest absolute Gasteiger partial charge is 0.322 e. The molecule has 2 rings (SSSR count). The molecule has 1 aromatic carbocycles. The van der Waals surface area contributed by atoms with E-state index in [1.165, 1.54) is 7.11 Å². The highest BCUT2D eigenvalue weighted by Gasteiger charge is 2.06. The topological polar surface area (TPSA) is 72.0 Å². The van der Waals surface area contributed by atoms with Gasteiger partial charge in [-0.2, -0.15) is 15.0 Å². The number of benzene rings is 1. The van der Waals surface area contributed by atoms with Gasteiger partial charge in [0.15, 0.2) is 0 Å². The van der Waals surface area contributed by atoms with Crippen LogP contribution in [0.15, 0.2) is 28.7 Å². The third kappa shape index (κ3) is 4.06. The summed E-state index contributed by atoms with van der Waals surface area (Å²) in [6.07, 6.45) is 0. The van der Waals surface area contributed by atoms with E-state index in [2.05, 4.69) is 41.5 Å². The van der Waals surface area contributed by atoms with Gasteiger partial charge in [-0.3, -0.25) is 0 Å². The summed E-state index contributed by atoms with van der Waals surface area (Å²) in [4.78, 5) is 12.5. The van der Waals surface area contributed by atoms with Gasteiger partial charge in [0.1, 0.15) is 0 Å². The lowest BCUT2D eigenvalue weighted by molar-refractivity contribution is 0.379. The van der Waals surface area contributed by atoms with Crippen LogP contribution in [-0.4, -0.2) is 28.6 Å². The van der Waals surface area contributed by atoms with Gasteiger partial charge in [0.25, 0.3) is 0 Å². The number of nitrogens with zero attached hydrogens (tertiary/aromatic N) is 3. The minimum atomic E-state index is 0.285. The van der Waals surface area contributed by atoms with Crippen molar-refractivity contribution in [2.45, 2.75) is 13.5 Å². The van der Waals surface area contributed by atoms with Crippen LogP contribution in [0.2, 0.25) is 0 Å². The van der Waals surface area contributed by atoms with Crippen LogP contribution in [0.1, 0.15) is 12.5 Å². The first kappa shape index (κ1) is 14.5. The van der Waals surface area contributed by atoms with E-state index in [0.29, 0.717) is 18.4 Å². The Morgan fingerprint density at radius 2 is 1.90 bits per heavy atom. The van der Waals surface area contributed by atoms with Crippen LogP contribution in [-0.2, 0) is 6.54 Å². The molecule has 106 valence electrons. The SMILES string of the molecule is CCNc1nc(NCc2cccc(Br)c2)nc(OC)n1. The lowest BCUT2D eigenvalue weighted by Crippen LogP contribution is -2.10. The van der Waals surface area contributed by atoms with Crippen molar-refractivity contribution < 1.29 is 4.74 Å². The fourth-order valence-electron chi connectivity index (χ4n) is 1.59. The average molecular weight is 338 g/mol. The fourth-order valence-corrected chi connectivity index (χ4v) is 2.04. The number of halogens is 1. The summed E-state index contributed by atoms with van der Waals surface area (Å²) in [5, 5.41) is 6.20. The van der Waals surface area contributed by atoms with Crippen molar-refractivity contribution in [3.8, 4) is 6.01 Å². The average Bonchev–Trinajstić information content (AvgIpc) is 2.45. The normalized spacial score (nSPS) is 10.2. The van der Waals surface area contributed by atoms with Gasteiger partial charge in [-0.05, 0) is 24.6 Å². The Hall–Kier alpha value is -1.89. The Kier molecular flexibility index (Phi) is 5.11. The minimum Gasteiger partial charge on any atom is -0.467 e. The maximum atomic E-state index is 5.06. The van der Waals surface area contributed by atoms with Crippen LogP contribution >= 0.6 is 15.9 Å². The van der Waals surface area contributed by atoms with Gasteiger partial charge in [0, 0.05) is 17.6 Å². The molecule has 0 spiro atoms. The Morgan fingerprint density at radius 1 is 1.15 bits per heavy atom. The zero-order valence-corrected chi connectivity index (χ0v) is 12.9. The molecule has 0 bridgehead atoms. The summed E-state index contributed by atoms with van der Waals surface area (Å²) in [6.45, 7) is 3.33. The van der Waals surface area contributed by atoms with Gasteiger partial charge in [-0.1, -0.05) is 28.1 Å². The van der Waals surface area contributed by atoms with Crippen molar-refractivity contribution in [2.75, 3.05) is 24.3 Å². The number of nitrogens with one attached hydrogen (secondary N) is 2. The predicted octanol–water partition coefficient (Wildman–Crippen LogP) is 2.69. The van der Waals surface area contributed by atoms with Crippen molar-refractivity contribution in [3.63, 3.8) is 0 Å². The Labute approximate surface area is 126 Å². The fraction of sp³-hybridized carbons (Fsp3) is 0.308. The molecule has 0 radical (unpaired) electrons. The number of rotatable bonds is 6. The number of hydrogen-bond donors (Lipinski definition) is 2. The Bertz CT molecular complexity index is 578. The molecule has 2 aromatic rings. The maximum Gasteiger partial charge on any atom is 0.322 e. The van der Waals surface area contributed by atoms with E-state index in [1.54, 1.807) is 0 Å². The Morgan fingerprint density at radius 3 is 2.55 bits per heavy atom. The van der Waals surface area contributed by atoms with E-state index in [4.69, 9.17) is 4.74 Å². The maximum absolute atomic E-state index is 5.06. The molecule has 0 aliphatic rings. The summed E-state index contributed by atoms with van der Waals surface area (Å²) in [6, 6.07) is 8.32. The molecule has 0 atom stereocenters. The lowest BCUT2D eigenvalue weighted by atomic mass is 10.2. The number of ether oxygens (including phenoxy) is 1. The van der Waals surface area contributed by atoms with Crippen LogP contribution in [0.4, 0.5) is 11.9 Å². The number of aromatic nitrogens is 3. The molecule has 1 heterocycles. The molecule has 0 aliphatic heterocycles. The van der Waals surface area contributed by atoms with Gasteiger partial charge in [-0.25, -0.2) is 0 Å². The van der Waals surface area contributed by atoms with Gasteiger partial charge in [0.05, 0.1) is 7.11 Å². The zero-order valence-electron chi connectivity index (χ0n) is 11.4. The van der Waals surface area contributed by atoms with Crippen molar-refractivity contribution in [1.82, 2.24) is 15.0 Å². The first-order chi connectivity index (χ1) is 9.71. The van der Waals surface area contributed by atoms with Crippen LogP contribution in [0.25, 0.3) is 0 Å². The molecule has 2 N–H and O–H groups in total. The third-order valence-corrected chi connectivity index (χ3v) is 2.97. The molecule has 0 aliphatic carbocycles. The minimum absolute atomic E-state index is 0.285. The largest absolute Gasteiger partial charge is 0.467 e. The molecule has 0 saturated heterocycles. The molecule has 20 heavy (non-hydrogen) atoms. The number of hydrogen-bond acceptors (Lipinski definition) is 6. The lowest BCUT2D eigenvalue weighted by Gasteiger charge is -2.08. The highest BCUT2D eigenvalue weighted by molar-refractivity contribution is 9.10. The van der Waals surface area contributed by atoms with Crippen LogP contribution < -0.4 is 15.4 Å². The molecular weight excluding hydrogens is 322 g/mol. The first-order valence-corrected chi connectivity index (χ1v) is 7.03. The predicted molar refractivity (Wildman–Crippen MR) is 82.0 cm³/mol. The van der Waals surface area contributed by atoms with E-state index >= 15 is 0 Å². The van der Waals surface area contributed by atoms with E-state index in [1.807, 2.05) is 31.2 Å². The zero-order chi connectivity index (χ0) is 14.4. The van der Waals surface area contributed by atoms with Crippen LogP contribution in [0.5, 0.6) is 6.01 Å². The number of methoxy groups -OCH3 is 1. The van der Waals surface area contributed by atoms with Crippen molar-refractivity contribution in [3.05, 3.63) is 34.3 Å². The second-order valence-electron chi connectivity index (χ2n) is 3.98. The number of anilines is 2. The Balaban J connectivity index is 2.10.